The highest BCUT2D eigenvalue weighted by Gasteiger charge is 2.66. The SMILES string of the molecule is CC1=C(C)C2(C)C(C)=C(C)C1(C)C2(C)C. The zero-order valence-corrected chi connectivity index (χ0v) is 11.5. The van der Waals surface area contributed by atoms with Gasteiger partial charge in [0.05, 0.1) is 0 Å². The van der Waals surface area contributed by atoms with Gasteiger partial charge < -0.3 is 0 Å². The van der Waals surface area contributed by atoms with Crippen LogP contribution in [0.25, 0.3) is 0 Å². The molecule has 84 valence electrons. The summed E-state index contributed by atoms with van der Waals surface area (Å²) in [6.45, 7) is 19.1. The molecule has 0 spiro atoms. The Morgan fingerprint density at radius 1 is 0.533 bits per heavy atom. The van der Waals surface area contributed by atoms with E-state index in [1.165, 1.54) is 0 Å². The molecule has 0 radical (unpaired) electrons. The summed E-state index contributed by atoms with van der Waals surface area (Å²) in [5, 5.41) is 0. The van der Waals surface area contributed by atoms with Gasteiger partial charge in [0.25, 0.3) is 0 Å². The second-order valence-electron chi connectivity index (χ2n) is 6.38. The van der Waals surface area contributed by atoms with Crippen LogP contribution in [0.2, 0.25) is 0 Å². The van der Waals surface area contributed by atoms with Crippen molar-refractivity contribution in [1.29, 1.82) is 0 Å². The van der Waals surface area contributed by atoms with Crippen molar-refractivity contribution in [2.45, 2.75) is 55.4 Å². The molecule has 0 N–H and O–H groups in total. The van der Waals surface area contributed by atoms with Crippen molar-refractivity contribution in [3.05, 3.63) is 22.3 Å². The normalized spacial score (nSPS) is 43.2. The number of fused-ring (bicyclic) bond motifs is 2. The van der Waals surface area contributed by atoms with E-state index in [1.807, 2.05) is 0 Å². The summed E-state index contributed by atoms with van der Waals surface area (Å²) in [5.74, 6) is 0. The molecule has 0 aliphatic heterocycles. The van der Waals surface area contributed by atoms with Crippen LogP contribution in [0, 0.1) is 16.2 Å². The van der Waals surface area contributed by atoms with Crippen LogP contribution in [0.3, 0.4) is 0 Å². The Bertz CT molecular complexity index is 340. The zero-order chi connectivity index (χ0) is 11.8. The van der Waals surface area contributed by atoms with Gasteiger partial charge in [-0.2, -0.15) is 0 Å². The first-order valence-corrected chi connectivity index (χ1v) is 6.00. The van der Waals surface area contributed by atoms with E-state index in [2.05, 4.69) is 55.4 Å². The maximum atomic E-state index is 2.44. The van der Waals surface area contributed by atoms with E-state index in [0.29, 0.717) is 5.41 Å². The van der Waals surface area contributed by atoms with Crippen molar-refractivity contribution in [3.63, 3.8) is 0 Å². The van der Waals surface area contributed by atoms with E-state index in [9.17, 15) is 0 Å². The summed E-state index contributed by atoms with van der Waals surface area (Å²) >= 11 is 0. The minimum absolute atomic E-state index is 0.288. The van der Waals surface area contributed by atoms with Crippen LogP contribution in [0.15, 0.2) is 22.3 Å². The van der Waals surface area contributed by atoms with Crippen molar-refractivity contribution in [2.24, 2.45) is 16.2 Å². The molecule has 0 nitrogen and oxygen atoms in total. The van der Waals surface area contributed by atoms with Gasteiger partial charge in [-0.1, -0.05) is 50.0 Å². The third kappa shape index (κ3) is 0.726. The van der Waals surface area contributed by atoms with Crippen LogP contribution in [-0.2, 0) is 0 Å². The first kappa shape index (κ1) is 11.0. The average molecular weight is 204 g/mol. The Hall–Kier alpha value is -0.520. The van der Waals surface area contributed by atoms with Gasteiger partial charge in [0, 0.05) is 10.8 Å². The van der Waals surface area contributed by atoms with E-state index >= 15 is 0 Å². The fourth-order valence-electron chi connectivity index (χ4n) is 4.44. The van der Waals surface area contributed by atoms with Gasteiger partial charge in [0.1, 0.15) is 0 Å². The second kappa shape index (κ2) is 2.42. The Labute approximate surface area is 94.5 Å². The fraction of sp³-hybridized carbons (Fsp3) is 0.733. The molecular weight excluding hydrogens is 180 g/mol. The maximum Gasteiger partial charge on any atom is 0.0155 e. The highest BCUT2D eigenvalue weighted by atomic mass is 14.7. The quantitative estimate of drug-likeness (QED) is 0.501. The number of rotatable bonds is 0. The van der Waals surface area contributed by atoms with Gasteiger partial charge in [0.15, 0.2) is 0 Å². The summed E-state index contributed by atoms with van der Waals surface area (Å²) < 4.78 is 0. The van der Waals surface area contributed by atoms with E-state index in [0.717, 1.165) is 0 Å². The minimum atomic E-state index is 0.288. The van der Waals surface area contributed by atoms with Crippen molar-refractivity contribution < 1.29 is 0 Å². The molecule has 2 aliphatic rings. The Kier molecular flexibility index (Phi) is 1.77. The smallest absolute Gasteiger partial charge is 0.0155 e. The van der Waals surface area contributed by atoms with Crippen molar-refractivity contribution in [3.8, 4) is 0 Å². The standard InChI is InChI=1S/C15H24/c1-9-10(2)15(8)12(4)11(3)14(9,7)13(15,5)6/h1-8H3. The maximum absolute atomic E-state index is 2.44. The zero-order valence-electron chi connectivity index (χ0n) is 11.5. The summed E-state index contributed by atoms with van der Waals surface area (Å²) in [7, 11) is 0. The van der Waals surface area contributed by atoms with Gasteiger partial charge in [0.2, 0.25) is 0 Å². The molecular formula is C15H24. The van der Waals surface area contributed by atoms with Gasteiger partial charge in [-0.3, -0.25) is 0 Å². The lowest BCUT2D eigenvalue weighted by atomic mass is 9.60. The molecule has 0 heteroatoms. The lowest BCUT2D eigenvalue weighted by molar-refractivity contribution is 0.119. The molecule has 15 heavy (non-hydrogen) atoms. The van der Waals surface area contributed by atoms with E-state index in [4.69, 9.17) is 0 Å². The molecule has 2 bridgehead atoms. The lowest BCUT2D eigenvalue weighted by Gasteiger charge is -2.43. The molecule has 0 aromatic rings. The summed E-state index contributed by atoms with van der Waals surface area (Å²) in [6, 6.07) is 0. The third-order valence-electron chi connectivity index (χ3n) is 6.62. The number of hydrogen-bond donors (Lipinski definition) is 0. The molecule has 0 heterocycles. The largest absolute Gasteiger partial charge is 0.0629 e. The lowest BCUT2D eigenvalue weighted by Crippen LogP contribution is -2.37. The summed E-state index contributed by atoms with van der Waals surface area (Å²) in [5.41, 5.74) is 7.35. The van der Waals surface area contributed by atoms with Crippen LogP contribution in [0.1, 0.15) is 55.4 Å². The highest BCUT2D eigenvalue weighted by Crippen LogP contribution is 2.75. The molecule has 2 aliphatic carbocycles. The Morgan fingerprint density at radius 2 is 0.733 bits per heavy atom. The van der Waals surface area contributed by atoms with Gasteiger partial charge in [-0.25, -0.2) is 0 Å². The van der Waals surface area contributed by atoms with Crippen LogP contribution in [-0.4, -0.2) is 0 Å². The molecule has 0 aromatic carbocycles. The third-order valence-corrected chi connectivity index (χ3v) is 6.62. The highest BCUT2D eigenvalue weighted by molar-refractivity contribution is 5.56. The fourth-order valence-corrected chi connectivity index (χ4v) is 4.44. The predicted molar refractivity (Wildman–Crippen MR) is 66.7 cm³/mol. The second-order valence-corrected chi connectivity index (χ2v) is 6.38. The van der Waals surface area contributed by atoms with E-state index in [-0.39, 0.29) is 10.8 Å². The molecule has 0 unspecified atom stereocenters. The first-order chi connectivity index (χ1) is 6.63. The topological polar surface area (TPSA) is 0 Å². The van der Waals surface area contributed by atoms with Crippen LogP contribution < -0.4 is 0 Å². The molecule has 0 saturated heterocycles. The van der Waals surface area contributed by atoms with Crippen molar-refractivity contribution >= 4 is 0 Å². The molecule has 0 aromatic heterocycles. The first-order valence-electron chi connectivity index (χ1n) is 6.00. The molecule has 0 amide bonds. The van der Waals surface area contributed by atoms with Gasteiger partial charge in [-0.15, -0.1) is 0 Å². The Balaban J connectivity index is 2.84. The van der Waals surface area contributed by atoms with Crippen LogP contribution >= 0.6 is 0 Å². The van der Waals surface area contributed by atoms with Gasteiger partial charge in [-0.05, 0) is 33.1 Å². The molecule has 0 atom stereocenters. The van der Waals surface area contributed by atoms with Crippen LogP contribution in [0.4, 0.5) is 0 Å². The predicted octanol–water partition coefficient (Wildman–Crippen LogP) is 4.73. The monoisotopic (exact) mass is 204 g/mol. The number of hydrogen-bond acceptors (Lipinski definition) is 0. The van der Waals surface area contributed by atoms with E-state index in [1.54, 1.807) is 22.3 Å². The molecule has 0 fully saturated rings. The van der Waals surface area contributed by atoms with Crippen LogP contribution in [0.5, 0.6) is 0 Å². The van der Waals surface area contributed by atoms with Crippen molar-refractivity contribution in [2.75, 3.05) is 0 Å². The van der Waals surface area contributed by atoms with Crippen molar-refractivity contribution in [1.82, 2.24) is 0 Å². The molecule has 0 saturated carbocycles. The summed E-state index contributed by atoms with van der Waals surface area (Å²) in [6.07, 6.45) is 0. The van der Waals surface area contributed by atoms with E-state index < -0.39 is 0 Å². The number of allylic oxidation sites excluding steroid dienone is 4. The average Bonchev–Trinajstić information content (AvgIpc) is 2.34. The minimum Gasteiger partial charge on any atom is -0.0629 e. The Morgan fingerprint density at radius 3 is 0.867 bits per heavy atom. The summed E-state index contributed by atoms with van der Waals surface area (Å²) in [4.78, 5) is 0. The van der Waals surface area contributed by atoms with Gasteiger partial charge >= 0.3 is 0 Å². The molecule has 2 rings (SSSR count).